The average Bonchev–Trinajstić information content (AvgIpc) is 3.36. The lowest BCUT2D eigenvalue weighted by Crippen LogP contribution is -2.46. The molecule has 2 aliphatic heterocycles. The van der Waals surface area contributed by atoms with Crippen LogP contribution in [0.3, 0.4) is 0 Å². The van der Waals surface area contributed by atoms with Crippen molar-refractivity contribution in [1.29, 1.82) is 0 Å². The van der Waals surface area contributed by atoms with E-state index in [4.69, 9.17) is 9.47 Å². The fourth-order valence-corrected chi connectivity index (χ4v) is 6.66. The van der Waals surface area contributed by atoms with Gasteiger partial charge in [0, 0.05) is 31.9 Å². The summed E-state index contributed by atoms with van der Waals surface area (Å²) in [6.07, 6.45) is -0.536. The first-order valence-electron chi connectivity index (χ1n) is 17.0. The normalized spacial score (nSPS) is 15.5. The van der Waals surface area contributed by atoms with Crippen molar-refractivity contribution in [3.05, 3.63) is 119 Å². The van der Waals surface area contributed by atoms with Crippen LogP contribution < -0.4 is 14.5 Å². The van der Waals surface area contributed by atoms with E-state index in [-0.39, 0.29) is 18.0 Å². The van der Waals surface area contributed by atoms with E-state index in [1.165, 1.54) is 18.1 Å². The van der Waals surface area contributed by atoms with Crippen LogP contribution in [0.15, 0.2) is 91.0 Å². The first-order valence-corrected chi connectivity index (χ1v) is 17.0. The Morgan fingerprint density at radius 2 is 1.56 bits per heavy atom. The molecule has 10 heteroatoms. The van der Waals surface area contributed by atoms with Crippen molar-refractivity contribution in [1.82, 2.24) is 9.80 Å². The summed E-state index contributed by atoms with van der Waals surface area (Å²) in [6.45, 7) is 12.0. The number of piperazine rings is 1. The Kier molecular flexibility index (Phi) is 9.83. The molecule has 0 saturated carbocycles. The van der Waals surface area contributed by atoms with Gasteiger partial charge >= 0.3 is 6.09 Å². The summed E-state index contributed by atoms with van der Waals surface area (Å²) >= 11 is 0. The van der Waals surface area contributed by atoms with Crippen LogP contribution in [0, 0.1) is 0 Å². The Labute approximate surface area is 293 Å². The van der Waals surface area contributed by atoms with Crippen molar-refractivity contribution in [2.75, 3.05) is 49.6 Å². The van der Waals surface area contributed by atoms with Crippen LogP contribution in [0.25, 0.3) is 0 Å². The summed E-state index contributed by atoms with van der Waals surface area (Å²) in [5.41, 5.74) is 3.20. The van der Waals surface area contributed by atoms with E-state index in [2.05, 4.69) is 16.7 Å². The van der Waals surface area contributed by atoms with Crippen molar-refractivity contribution in [2.24, 2.45) is 0 Å². The maximum atomic E-state index is 14.6. The first kappa shape index (κ1) is 34.5. The van der Waals surface area contributed by atoms with Crippen LogP contribution in [0.2, 0.25) is 0 Å². The lowest BCUT2D eigenvalue weighted by molar-refractivity contribution is 0.0571. The van der Waals surface area contributed by atoms with E-state index in [9.17, 15) is 19.5 Å². The smallest absolute Gasteiger partial charge is 0.415 e. The maximum absolute atomic E-state index is 14.6. The highest BCUT2D eigenvalue weighted by atomic mass is 16.6. The predicted molar refractivity (Wildman–Crippen MR) is 193 cm³/mol. The van der Waals surface area contributed by atoms with Crippen LogP contribution in [0.4, 0.5) is 16.2 Å². The molecule has 2 aliphatic rings. The number of carbonyl (C=O) groups is 3. The van der Waals surface area contributed by atoms with Gasteiger partial charge in [-0.15, -0.1) is 0 Å². The number of likely N-dealkylation sites (N-methyl/N-ethyl adjacent to an activating group) is 1. The van der Waals surface area contributed by atoms with E-state index in [0.717, 1.165) is 44.0 Å². The molecule has 1 fully saturated rings. The SMILES string of the molecule is CCN1CCN(c2cccc3c2C(=O)N(C(c2cccc(N(Cc4ccccc4)C(=O)OC(C)(C)C)c2)c2ccc(OC)c(O)c2)C3=O)CC1. The Morgan fingerprint density at radius 1 is 0.860 bits per heavy atom. The van der Waals surface area contributed by atoms with Gasteiger partial charge in [0.2, 0.25) is 0 Å². The number of hydrogen-bond acceptors (Lipinski definition) is 8. The second-order valence-electron chi connectivity index (χ2n) is 13.6. The molecule has 1 N–H and O–H groups in total. The third-order valence-electron chi connectivity index (χ3n) is 9.16. The largest absolute Gasteiger partial charge is 0.504 e. The molecule has 0 aliphatic carbocycles. The molecule has 1 atom stereocenters. The number of phenolic OH excluding ortho intramolecular Hbond substituents is 1. The lowest BCUT2D eigenvalue weighted by atomic mass is 9.95. The molecule has 4 aromatic rings. The van der Waals surface area contributed by atoms with Crippen molar-refractivity contribution in [3.8, 4) is 11.5 Å². The van der Waals surface area contributed by atoms with Gasteiger partial charge < -0.3 is 24.4 Å². The Balaban J connectivity index is 1.44. The van der Waals surface area contributed by atoms with Gasteiger partial charge in [-0.1, -0.05) is 61.5 Å². The molecule has 0 radical (unpaired) electrons. The molecule has 2 heterocycles. The van der Waals surface area contributed by atoms with E-state index in [1.54, 1.807) is 41.3 Å². The number of hydrogen-bond donors (Lipinski definition) is 1. The lowest BCUT2D eigenvalue weighted by Gasteiger charge is -2.36. The van der Waals surface area contributed by atoms with Gasteiger partial charge in [0.15, 0.2) is 11.5 Å². The van der Waals surface area contributed by atoms with Gasteiger partial charge in [-0.05, 0) is 80.4 Å². The molecular formula is C40H44N4O6. The zero-order chi connectivity index (χ0) is 35.6. The fraction of sp³-hybridized carbons (Fsp3) is 0.325. The van der Waals surface area contributed by atoms with E-state index in [1.807, 2.05) is 69.3 Å². The summed E-state index contributed by atoms with van der Waals surface area (Å²) < 4.78 is 11.1. The highest BCUT2D eigenvalue weighted by molar-refractivity contribution is 6.24. The molecule has 3 amide bonds. The van der Waals surface area contributed by atoms with Crippen molar-refractivity contribution >= 4 is 29.3 Å². The Hall–Kier alpha value is -5.35. The predicted octanol–water partition coefficient (Wildman–Crippen LogP) is 6.87. The van der Waals surface area contributed by atoms with Crippen molar-refractivity contribution < 1.29 is 29.0 Å². The number of amides is 3. The number of phenols is 1. The Morgan fingerprint density at radius 3 is 2.22 bits per heavy atom. The molecule has 6 rings (SSSR count). The molecule has 50 heavy (non-hydrogen) atoms. The number of anilines is 2. The number of rotatable bonds is 9. The summed E-state index contributed by atoms with van der Waals surface area (Å²) in [5, 5.41) is 10.9. The minimum atomic E-state index is -0.943. The molecule has 0 spiro atoms. The standard InChI is InChI=1S/C40H44N4O6/c1-6-41-20-22-42(23-21-41)32-17-11-16-31-35(32)38(47)44(37(31)46)36(29-18-19-34(49-5)33(45)25-29)28-14-10-15-30(24-28)43(39(48)50-40(2,3)4)26-27-12-8-7-9-13-27/h7-19,24-25,36,45H,6,20-23,26H2,1-5H3. The van der Waals surface area contributed by atoms with Gasteiger partial charge in [-0.2, -0.15) is 0 Å². The number of aromatic hydroxyl groups is 1. The third-order valence-corrected chi connectivity index (χ3v) is 9.16. The minimum absolute atomic E-state index is 0.128. The van der Waals surface area contributed by atoms with Gasteiger partial charge in [0.1, 0.15) is 5.60 Å². The molecular weight excluding hydrogens is 632 g/mol. The molecule has 10 nitrogen and oxygen atoms in total. The molecule has 4 aromatic carbocycles. The molecule has 260 valence electrons. The topological polar surface area (TPSA) is 103 Å². The van der Waals surface area contributed by atoms with Crippen molar-refractivity contribution in [2.45, 2.75) is 45.9 Å². The van der Waals surface area contributed by atoms with Crippen LogP contribution in [0.5, 0.6) is 11.5 Å². The quantitative estimate of drug-likeness (QED) is 0.192. The van der Waals surface area contributed by atoms with E-state index >= 15 is 0 Å². The molecule has 0 bridgehead atoms. The van der Waals surface area contributed by atoms with E-state index in [0.29, 0.717) is 27.9 Å². The number of ether oxygens (including phenoxy) is 2. The zero-order valence-corrected chi connectivity index (χ0v) is 29.3. The van der Waals surface area contributed by atoms with Gasteiger partial charge in [0.25, 0.3) is 11.8 Å². The minimum Gasteiger partial charge on any atom is -0.504 e. The summed E-state index contributed by atoms with van der Waals surface area (Å²) in [4.78, 5) is 50.0. The average molecular weight is 677 g/mol. The number of methoxy groups -OCH3 is 1. The van der Waals surface area contributed by atoms with Gasteiger partial charge in [-0.25, -0.2) is 4.79 Å². The van der Waals surface area contributed by atoms with Crippen LogP contribution in [0.1, 0.15) is 71.1 Å². The summed E-state index contributed by atoms with van der Waals surface area (Å²) in [7, 11) is 1.46. The highest BCUT2D eigenvalue weighted by Gasteiger charge is 2.44. The third kappa shape index (κ3) is 7.02. The second kappa shape index (κ2) is 14.2. The number of carbonyl (C=O) groups excluding carboxylic acids is 3. The van der Waals surface area contributed by atoms with Crippen LogP contribution in [-0.4, -0.2) is 78.2 Å². The first-order chi connectivity index (χ1) is 24.0. The Bertz CT molecular complexity index is 1880. The summed E-state index contributed by atoms with van der Waals surface area (Å²) in [6, 6.07) is 26.2. The monoisotopic (exact) mass is 676 g/mol. The van der Waals surface area contributed by atoms with Crippen LogP contribution >= 0.6 is 0 Å². The number of nitrogens with zero attached hydrogens (tertiary/aromatic N) is 4. The van der Waals surface area contributed by atoms with E-state index < -0.39 is 29.6 Å². The van der Waals surface area contributed by atoms with Gasteiger partial charge in [-0.3, -0.25) is 19.4 Å². The maximum Gasteiger partial charge on any atom is 0.415 e. The second-order valence-corrected chi connectivity index (χ2v) is 13.6. The molecule has 1 unspecified atom stereocenters. The number of benzene rings is 4. The van der Waals surface area contributed by atoms with Crippen molar-refractivity contribution in [3.63, 3.8) is 0 Å². The fourth-order valence-electron chi connectivity index (χ4n) is 6.66. The van der Waals surface area contributed by atoms with Crippen LogP contribution in [-0.2, 0) is 11.3 Å². The number of imide groups is 1. The highest BCUT2D eigenvalue weighted by Crippen LogP contribution is 2.42. The number of fused-ring (bicyclic) bond motifs is 1. The molecule has 1 saturated heterocycles. The van der Waals surface area contributed by atoms with Gasteiger partial charge in [0.05, 0.1) is 36.5 Å². The zero-order valence-electron chi connectivity index (χ0n) is 29.3. The molecule has 0 aromatic heterocycles. The summed E-state index contributed by atoms with van der Waals surface area (Å²) in [5.74, 6) is -0.719.